The third kappa shape index (κ3) is 4.50. The summed E-state index contributed by atoms with van der Waals surface area (Å²) in [6, 6.07) is 19.2. The minimum atomic E-state index is -0.339. The van der Waals surface area contributed by atoms with E-state index in [0.29, 0.717) is 27.6 Å². The monoisotopic (exact) mass is 436 g/mol. The molecule has 4 rings (SSSR count). The highest BCUT2D eigenvalue weighted by molar-refractivity contribution is 7.18. The third-order valence-corrected chi connectivity index (χ3v) is 5.55. The van der Waals surface area contributed by atoms with Crippen LogP contribution in [0.3, 0.4) is 0 Å². The van der Waals surface area contributed by atoms with Crippen LogP contribution in [-0.2, 0) is 4.79 Å². The summed E-state index contributed by atoms with van der Waals surface area (Å²) in [5.74, 6) is -0.263. The molecule has 5 nitrogen and oxygen atoms in total. The van der Waals surface area contributed by atoms with Gasteiger partial charge in [0, 0.05) is 16.3 Å². The number of nitrogens with zero attached hydrogens (tertiary/aromatic N) is 1. The fourth-order valence-corrected chi connectivity index (χ4v) is 3.99. The lowest BCUT2D eigenvalue weighted by Gasteiger charge is -2.12. The first-order valence-electron chi connectivity index (χ1n) is 9.19. The molecule has 0 aliphatic rings. The van der Waals surface area contributed by atoms with Crippen molar-refractivity contribution in [2.45, 2.75) is 6.92 Å². The maximum Gasteiger partial charge on any atom is 0.262 e. The Morgan fingerprint density at radius 2 is 1.87 bits per heavy atom. The average molecular weight is 437 g/mol. The topological polar surface area (TPSA) is 68.3 Å². The normalized spacial score (nSPS) is 10.7. The molecular formula is C23H17ClN2O3S. The zero-order valence-electron chi connectivity index (χ0n) is 16.0. The van der Waals surface area contributed by atoms with E-state index in [9.17, 15) is 9.59 Å². The van der Waals surface area contributed by atoms with Gasteiger partial charge in [-0.3, -0.25) is 9.59 Å². The summed E-state index contributed by atoms with van der Waals surface area (Å²) < 4.78 is 6.72. The highest BCUT2D eigenvalue weighted by atomic mass is 35.5. The SMILES string of the molecule is Cc1nc2cc(NC(=O)COc3ccc(Cl)cc3C(=O)c3ccccc3)ccc2s1. The second-order valence-corrected chi connectivity index (χ2v) is 8.26. The molecule has 150 valence electrons. The van der Waals surface area contributed by atoms with Crippen molar-refractivity contribution in [2.75, 3.05) is 11.9 Å². The van der Waals surface area contributed by atoms with Crippen molar-refractivity contribution in [3.63, 3.8) is 0 Å². The molecule has 0 aliphatic carbocycles. The highest BCUT2D eigenvalue weighted by Crippen LogP contribution is 2.26. The largest absolute Gasteiger partial charge is 0.483 e. The minimum absolute atomic E-state index is 0.224. The molecule has 0 unspecified atom stereocenters. The van der Waals surface area contributed by atoms with Crippen LogP contribution in [0.1, 0.15) is 20.9 Å². The Balaban J connectivity index is 1.47. The summed E-state index contributed by atoms with van der Waals surface area (Å²) >= 11 is 7.68. The van der Waals surface area contributed by atoms with Gasteiger partial charge in [0.05, 0.1) is 20.8 Å². The molecule has 30 heavy (non-hydrogen) atoms. The minimum Gasteiger partial charge on any atom is -0.483 e. The maximum atomic E-state index is 12.8. The number of rotatable bonds is 6. The quantitative estimate of drug-likeness (QED) is 0.405. The van der Waals surface area contributed by atoms with Crippen molar-refractivity contribution in [1.82, 2.24) is 4.98 Å². The number of ether oxygens (including phenoxy) is 1. The number of anilines is 1. The van der Waals surface area contributed by atoms with Crippen molar-refractivity contribution < 1.29 is 14.3 Å². The zero-order chi connectivity index (χ0) is 21.1. The molecule has 7 heteroatoms. The van der Waals surface area contributed by atoms with Crippen LogP contribution in [0.4, 0.5) is 5.69 Å². The van der Waals surface area contributed by atoms with Crippen LogP contribution in [0.2, 0.25) is 5.02 Å². The van der Waals surface area contributed by atoms with Gasteiger partial charge >= 0.3 is 0 Å². The van der Waals surface area contributed by atoms with E-state index in [4.69, 9.17) is 16.3 Å². The molecule has 1 N–H and O–H groups in total. The van der Waals surface area contributed by atoms with Gasteiger partial charge < -0.3 is 10.1 Å². The number of amides is 1. The lowest BCUT2D eigenvalue weighted by molar-refractivity contribution is -0.118. The molecule has 0 aliphatic heterocycles. The Bertz CT molecular complexity index is 1240. The molecule has 1 aromatic heterocycles. The van der Waals surface area contributed by atoms with E-state index in [-0.39, 0.29) is 18.3 Å². The number of fused-ring (bicyclic) bond motifs is 1. The molecule has 0 saturated heterocycles. The standard InChI is InChI=1S/C23H17ClN2O3S/c1-14-25-19-12-17(8-10-21(19)30-14)26-22(27)13-29-20-9-7-16(24)11-18(20)23(28)15-5-3-2-4-6-15/h2-12H,13H2,1H3,(H,26,27). The van der Waals surface area contributed by atoms with Gasteiger partial charge in [-0.15, -0.1) is 11.3 Å². The number of hydrogen-bond donors (Lipinski definition) is 1. The van der Waals surface area contributed by atoms with Crippen LogP contribution in [0, 0.1) is 6.92 Å². The van der Waals surface area contributed by atoms with Crippen molar-refractivity contribution in [3.8, 4) is 5.75 Å². The molecule has 0 atom stereocenters. The molecule has 0 radical (unpaired) electrons. The van der Waals surface area contributed by atoms with E-state index in [1.54, 1.807) is 53.8 Å². The molecule has 0 bridgehead atoms. The molecule has 0 fully saturated rings. The first-order chi connectivity index (χ1) is 14.5. The Hall–Kier alpha value is -3.22. The van der Waals surface area contributed by atoms with E-state index < -0.39 is 0 Å². The predicted octanol–water partition coefficient (Wildman–Crippen LogP) is 5.51. The Kier molecular flexibility index (Phi) is 5.79. The molecule has 0 spiro atoms. The van der Waals surface area contributed by atoms with Crippen molar-refractivity contribution >= 4 is 50.5 Å². The number of thiazole rings is 1. The molecule has 0 saturated carbocycles. The van der Waals surface area contributed by atoms with E-state index in [1.807, 2.05) is 31.2 Å². The summed E-state index contributed by atoms with van der Waals surface area (Å²) in [5.41, 5.74) is 2.30. The number of carbonyl (C=O) groups excluding carboxylic acids is 2. The van der Waals surface area contributed by atoms with Crippen LogP contribution in [0.5, 0.6) is 5.75 Å². The van der Waals surface area contributed by atoms with Crippen LogP contribution < -0.4 is 10.1 Å². The number of nitrogens with one attached hydrogen (secondary N) is 1. The summed E-state index contributed by atoms with van der Waals surface area (Å²) in [6.07, 6.45) is 0. The fourth-order valence-electron chi connectivity index (χ4n) is 3.01. The molecule has 4 aromatic rings. The fraction of sp³-hybridized carbons (Fsp3) is 0.0870. The molecular weight excluding hydrogens is 420 g/mol. The smallest absolute Gasteiger partial charge is 0.262 e. The molecule has 1 amide bonds. The number of benzene rings is 3. The van der Waals surface area contributed by atoms with Gasteiger partial charge in [0.2, 0.25) is 0 Å². The second-order valence-electron chi connectivity index (χ2n) is 6.59. The number of carbonyl (C=O) groups is 2. The second kappa shape index (κ2) is 8.65. The maximum absolute atomic E-state index is 12.8. The molecule has 1 heterocycles. The predicted molar refractivity (Wildman–Crippen MR) is 120 cm³/mol. The first kappa shape index (κ1) is 20.1. The van der Waals surface area contributed by atoms with Crippen LogP contribution in [0.25, 0.3) is 10.2 Å². The summed E-state index contributed by atoms with van der Waals surface area (Å²) in [6.45, 7) is 1.70. The summed E-state index contributed by atoms with van der Waals surface area (Å²) in [5, 5.41) is 4.18. The highest BCUT2D eigenvalue weighted by Gasteiger charge is 2.16. The van der Waals surface area contributed by atoms with Crippen molar-refractivity contribution in [2.24, 2.45) is 0 Å². The zero-order valence-corrected chi connectivity index (χ0v) is 17.6. The van der Waals surface area contributed by atoms with Gasteiger partial charge in [0.25, 0.3) is 5.91 Å². The number of hydrogen-bond acceptors (Lipinski definition) is 5. The van der Waals surface area contributed by atoms with Crippen LogP contribution in [-0.4, -0.2) is 23.3 Å². The number of aryl methyl sites for hydroxylation is 1. The summed E-state index contributed by atoms with van der Waals surface area (Å²) in [7, 11) is 0. The van der Waals surface area contributed by atoms with Gasteiger partial charge in [0.15, 0.2) is 12.4 Å². The van der Waals surface area contributed by atoms with Gasteiger partial charge in [0.1, 0.15) is 5.75 Å². The van der Waals surface area contributed by atoms with Gasteiger partial charge in [-0.25, -0.2) is 4.98 Å². The summed E-state index contributed by atoms with van der Waals surface area (Å²) in [4.78, 5) is 29.6. The van der Waals surface area contributed by atoms with Crippen molar-refractivity contribution in [3.05, 3.63) is 87.9 Å². The Morgan fingerprint density at radius 3 is 2.67 bits per heavy atom. The van der Waals surface area contributed by atoms with Crippen LogP contribution in [0.15, 0.2) is 66.7 Å². The lowest BCUT2D eigenvalue weighted by Crippen LogP contribution is -2.21. The van der Waals surface area contributed by atoms with Gasteiger partial charge in [-0.2, -0.15) is 0 Å². The number of aromatic nitrogens is 1. The Morgan fingerprint density at radius 1 is 1.07 bits per heavy atom. The van der Waals surface area contributed by atoms with Crippen molar-refractivity contribution in [1.29, 1.82) is 0 Å². The van der Waals surface area contributed by atoms with Gasteiger partial charge in [-0.1, -0.05) is 41.9 Å². The Labute approximate surface area is 182 Å². The third-order valence-electron chi connectivity index (χ3n) is 4.36. The number of halogens is 1. The van der Waals surface area contributed by atoms with E-state index >= 15 is 0 Å². The van der Waals surface area contributed by atoms with E-state index in [1.165, 1.54) is 0 Å². The average Bonchev–Trinajstić information content (AvgIpc) is 3.12. The van der Waals surface area contributed by atoms with Gasteiger partial charge in [-0.05, 0) is 43.3 Å². The lowest BCUT2D eigenvalue weighted by atomic mass is 10.0. The van der Waals surface area contributed by atoms with Crippen LogP contribution >= 0.6 is 22.9 Å². The molecule has 3 aromatic carbocycles. The van der Waals surface area contributed by atoms with E-state index in [2.05, 4.69) is 10.3 Å². The van der Waals surface area contributed by atoms with E-state index in [0.717, 1.165) is 15.2 Å². The number of ketones is 1. The first-order valence-corrected chi connectivity index (χ1v) is 10.4.